The minimum absolute atomic E-state index is 0.0419. The molecule has 34 heavy (non-hydrogen) atoms. The zero-order valence-electron chi connectivity index (χ0n) is 18.4. The lowest BCUT2D eigenvalue weighted by Crippen LogP contribution is -2.32. The van der Waals surface area contributed by atoms with E-state index in [-0.39, 0.29) is 48.3 Å². The van der Waals surface area contributed by atoms with Crippen molar-refractivity contribution >= 4 is 46.7 Å². The van der Waals surface area contributed by atoms with Crippen LogP contribution in [0.2, 0.25) is 5.02 Å². The van der Waals surface area contributed by atoms with E-state index in [9.17, 15) is 19.2 Å². The molecule has 8 heteroatoms. The SMILES string of the molecule is O=C(Oc1cccc(N2C(=O)[C@@H]3[C@H]4CC[C@@H](C4)[C@H]3C2=O)c1)[C@H]1CC(=O)N(c2cccc(Cl)c2)C1. The van der Waals surface area contributed by atoms with Gasteiger partial charge in [-0.2, -0.15) is 0 Å². The molecular weight excluding hydrogens is 456 g/mol. The lowest BCUT2D eigenvalue weighted by atomic mass is 9.81. The Balaban J connectivity index is 1.17. The van der Waals surface area contributed by atoms with Crippen LogP contribution in [0.5, 0.6) is 5.75 Å². The Kier molecular flexibility index (Phi) is 4.99. The van der Waals surface area contributed by atoms with E-state index in [1.165, 1.54) is 9.80 Å². The van der Waals surface area contributed by atoms with Gasteiger partial charge >= 0.3 is 5.97 Å². The van der Waals surface area contributed by atoms with Crippen molar-refractivity contribution in [2.45, 2.75) is 25.7 Å². The molecule has 7 nitrogen and oxygen atoms in total. The van der Waals surface area contributed by atoms with Gasteiger partial charge in [0.2, 0.25) is 17.7 Å². The first-order chi connectivity index (χ1) is 16.4. The third-order valence-corrected chi connectivity index (χ3v) is 8.04. The quantitative estimate of drug-likeness (QED) is 0.379. The summed E-state index contributed by atoms with van der Waals surface area (Å²) in [5, 5.41) is 0.510. The highest BCUT2D eigenvalue weighted by Crippen LogP contribution is 2.56. The Hall–Kier alpha value is -3.19. The number of nitrogens with zero attached hydrogens (tertiary/aromatic N) is 2. The van der Waals surface area contributed by atoms with Crippen LogP contribution in [-0.2, 0) is 19.2 Å². The van der Waals surface area contributed by atoms with Crippen molar-refractivity contribution in [3.8, 4) is 5.75 Å². The van der Waals surface area contributed by atoms with E-state index in [1.54, 1.807) is 48.5 Å². The number of ether oxygens (including phenoxy) is 1. The summed E-state index contributed by atoms with van der Waals surface area (Å²) in [6, 6.07) is 13.5. The van der Waals surface area contributed by atoms with Crippen molar-refractivity contribution in [1.82, 2.24) is 0 Å². The number of fused-ring (bicyclic) bond motifs is 5. The first kappa shape index (κ1) is 21.4. The maximum absolute atomic E-state index is 13.1. The van der Waals surface area contributed by atoms with Crippen molar-refractivity contribution in [2.75, 3.05) is 16.3 Å². The number of benzene rings is 2. The van der Waals surface area contributed by atoms with Crippen molar-refractivity contribution in [3.63, 3.8) is 0 Å². The van der Waals surface area contributed by atoms with Gasteiger partial charge < -0.3 is 9.64 Å². The highest BCUT2D eigenvalue weighted by Gasteiger charge is 2.61. The Bertz CT molecular complexity index is 1200. The van der Waals surface area contributed by atoms with Gasteiger partial charge in [-0.1, -0.05) is 23.7 Å². The highest BCUT2D eigenvalue weighted by atomic mass is 35.5. The van der Waals surface area contributed by atoms with Crippen LogP contribution in [0, 0.1) is 29.6 Å². The molecule has 5 atom stereocenters. The molecule has 4 aliphatic rings. The van der Waals surface area contributed by atoms with Gasteiger partial charge in [-0.05, 0) is 61.4 Å². The van der Waals surface area contributed by atoms with Crippen LogP contribution in [0.4, 0.5) is 11.4 Å². The highest BCUT2D eigenvalue weighted by molar-refractivity contribution is 6.31. The minimum atomic E-state index is -0.625. The molecule has 0 N–H and O–H groups in total. The third kappa shape index (κ3) is 3.33. The molecule has 2 aliphatic carbocycles. The number of amides is 3. The number of esters is 1. The first-order valence-electron chi connectivity index (χ1n) is 11.7. The third-order valence-electron chi connectivity index (χ3n) is 7.80. The molecule has 0 spiro atoms. The summed E-state index contributed by atoms with van der Waals surface area (Å²) in [6.07, 6.45) is 3.05. The number of rotatable bonds is 4. The summed E-state index contributed by atoms with van der Waals surface area (Å²) in [5.41, 5.74) is 1.07. The van der Waals surface area contributed by atoms with Gasteiger partial charge in [0.15, 0.2) is 0 Å². The van der Waals surface area contributed by atoms with Crippen LogP contribution in [0.15, 0.2) is 48.5 Å². The van der Waals surface area contributed by atoms with E-state index in [1.807, 2.05) is 0 Å². The molecule has 6 rings (SSSR count). The van der Waals surface area contributed by atoms with E-state index in [4.69, 9.17) is 16.3 Å². The van der Waals surface area contributed by atoms with Gasteiger partial charge in [-0.25, -0.2) is 4.90 Å². The number of halogens is 1. The summed E-state index contributed by atoms with van der Waals surface area (Å²) in [7, 11) is 0. The Morgan fingerprint density at radius 2 is 1.59 bits per heavy atom. The Morgan fingerprint density at radius 3 is 2.29 bits per heavy atom. The van der Waals surface area contributed by atoms with E-state index in [2.05, 4.69) is 0 Å². The van der Waals surface area contributed by atoms with Crippen LogP contribution in [0.25, 0.3) is 0 Å². The second-order valence-corrected chi connectivity index (χ2v) is 10.1. The molecular formula is C26H23ClN2O5. The molecule has 0 radical (unpaired) electrons. The molecule has 3 amide bonds. The minimum Gasteiger partial charge on any atom is -0.426 e. The fourth-order valence-electron chi connectivity index (χ4n) is 6.31. The summed E-state index contributed by atoms with van der Waals surface area (Å²) in [5.74, 6) is -1.15. The monoisotopic (exact) mass is 478 g/mol. The predicted molar refractivity (Wildman–Crippen MR) is 124 cm³/mol. The molecule has 2 aliphatic heterocycles. The van der Waals surface area contributed by atoms with Crippen LogP contribution >= 0.6 is 11.6 Å². The fourth-order valence-corrected chi connectivity index (χ4v) is 6.49. The van der Waals surface area contributed by atoms with Crippen LogP contribution in [0.1, 0.15) is 25.7 Å². The van der Waals surface area contributed by atoms with Gasteiger partial charge in [-0.3, -0.25) is 19.2 Å². The molecule has 2 aromatic carbocycles. The van der Waals surface area contributed by atoms with E-state index >= 15 is 0 Å². The van der Waals surface area contributed by atoms with Crippen LogP contribution < -0.4 is 14.5 Å². The number of carbonyl (C=O) groups excluding carboxylic acids is 4. The molecule has 2 aromatic rings. The number of carbonyl (C=O) groups is 4. The van der Waals surface area contributed by atoms with Gasteiger partial charge in [0.1, 0.15) is 5.75 Å². The molecule has 2 heterocycles. The normalized spacial score (nSPS) is 29.8. The summed E-state index contributed by atoms with van der Waals surface area (Å²) in [4.78, 5) is 54.4. The molecule has 2 saturated carbocycles. The summed E-state index contributed by atoms with van der Waals surface area (Å²) in [6.45, 7) is 0.201. The van der Waals surface area contributed by atoms with Crippen molar-refractivity contribution in [2.24, 2.45) is 29.6 Å². The van der Waals surface area contributed by atoms with E-state index in [0.717, 1.165) is 19.3 Å². The molecule has 174 valence electrons. The van der Waals surface area contributed by atoms with E-state index in [0.29, 0.717) is 28.2 Å². The Labute approximate surface area is 201 Å². The van der Waals surface area contributed by atoms with Crippen LogP contribution in [0.3, 0.4) is 0 Å². The van der Waals surface area contributed by atoms with Crippen LogP contribution in [-0.4, -0.2) is 30.2 Å². The van der Waals surface area contributed by atoms with E-state index < -0.39 is 11.9 Å². The van der Waals surface area contributed by atoms with Gasteiger partial charge in [-0.15, -0.1) is 0 Å². The zero-order valence-corrected chi connectivity index (χ0v) is 19.1. The first-order valence-corrected chi connectivity index (χ1v) is 12.0. The average molecular weight is 479 g/mol. The maximum Gasteiger partial charge on any atom is 0.316 e. The summed E-state index contributed by atoms with van der Waals surface area (Å²) >= 11 is 6.04. The van der Waals surface area contributed by atoms with Crippen molar-refractivity contribution < 1.29 is 23.9 Å². The van der Waals surface area contributed by atoms with Gasteiger partial charge in [0.25, 0.3) is 0 Å². The number of hydrogen-bond donors (Lipinski definition) is 0. The lowest BCUT2D eigenvalue weighted by Gasteiger charge is -2.19. The molecule has 2 bridgehead atoms. The average Bonchev–Trinajstić information content (AvgIpc) is 3.57. The molecule has 2 saturated heterocycles. The molecule has 4 fully saturated rings. The number of anilines is 2. The number of imide groups is 1. The largest absolute Gasteiger partial charge is 0.426 e. The summed E-state index contributed by atoms with van der Waals surface area (Å²) < 4.78 is 5.58. The maximum atomic E-state index is 13.1. The standard InChI is InChI=1S/C26H23ClN2O5/c27-17-3-1-4-18(11-17)28-13-16(10-21(28)30)26(33)34-20-6-2-5-19(12-20)29-24(31)22-14-7-8-15(9-14)23(22)25(29)32/h1-6,11-12,14-16,22-23H,7-10,13H2/t14-,15-,16-,22+,23+/m0/s1. The second kappa shape index (κ2) is 7.94. The number of hydrogen-bond acceptors (Lipinski definition) is 5. The fraction of sp³-hybridized carbons (Fsp3) is 0.385. The second-order valence-electron chi connectivity index (χ2n) is 9.70. The topological polar surface area (TPSA) is 84.0 Å². The van der Waals surface area contributed by atoms with Gasteiger partial charge in [0, 0.05) is 29.7 Å². The van der Waals surface area contributed by atoms with Crippen molar-refractivity contribution in [3.05, 3.63) is 53.6 Å². The molecule has 0 unspecified atom stereocenters. The smallest absolute Gasteiger partial charge is 0.316 e. The predicted octanol–water partition coefficient (Wildman–Crippen LogP) is 3.83. The van der Waals surface area contributed by atoms with Gasteiger partial charge in [0.05, 0.1) is 23.4 Å². The zero-order chi connectivity index (χ0) is 23.6. The van der Waals surface area contributed by atoms with Crippen molar-refractivity contribution in [1.29, 1.82) is 0 Å². The molecule has 0 aromatic heterocycles. The lowest BCUT2D eigenvalue weighted by molar-refractivity contribution is -0.139. The Morgan fingerprint density at radius 1 is 0.912 bits per heavy atom.